The summed E-state index contributed by atoms with van der Waals surface area (Å²) in [5.41, 5.74) is 1.37. The lowest BCUT2D eigenvalue weighted by molar-refractivity contribution is 0.0597. The van der Waals surface area contributed by atoms with Gasteiger partial charge in [0.25, 0.3) is 0 Å². The van der Waals surface area contributed by atoms with Gasteiger partial charge in [0, 0.05) is 19.6 Å². The molecule has 0 amide bonds. The lowest BCUT2D eigenvalue weighted by atomic mass is 10.1. The number of esters is 1. The van der Waals surface area contributed by atoms with Gasteiger partial charge >= 0.3 is 5.97 Å². The van der Waals surface area contributed by atoms with Crippen LogP contribution in [-0.4, -0.2) is 39.2 Å². The van der Waals surface area contributed by atoms with Crippen LogP contribution >= 0.6 is 24.0 Å². The third kappa shape index (κ3) is 5.26. The zero-order valence-electron chi connectivity index (χ0n) is 13.9. The van der Waals surface area contributed by atoms with Crippen LogP contribution in [0.4, 0.5) is 0 Å². The summed E-state index contributed by atoms with van der Waals surface area (Å²) in [4.78, 5) is 16.0. The fourth-order valence-electron chi connectivity index (χ4n) is 2.21. The molecule has 128 valence electrons. The number of halogens is 1. The van der Waals surface area contributed by atoms with Crippen LogP contribution in [0, 0.1) is 5.92 Å². The highest BCUT2D eigenvalue weighted by Crippen LogP contribution is 2.28. The Kier molecular flexibility index (Phi) is 7.60. The van der Waals surface area contributed by atoms with Crippen LogP contribution < -0.4 is 15.4 Å². The van der Waals surface area contributed by atoms with Gasteiger partial charge in [-0.15, -0.1) is 24.0 Å². The number of hydrogen-bond acceptors (Lipinski definition) is 4. The number of aliphatic imine (C=N–C) groups is 1. The standard InChI is InChI=1S/C16H23N3O3.HI/c1-10-7-13(10)19-16(17-2)18-9-11-5-6-14(21-3)12(8-11)15(20)22-4;/h5-6,8,10,13H,7,9H2,1-4H3,(H2,17,18,19);1H. The lowest BCUT2D eigenvalue weighted by Gasteiger charge is -2.13. The summed E-state index contributed by atoms with van der Waals surface area (Å²) in [5, 5.41) is 6.60. The zero-order valence-corrected chi connectivity index (χ0v) is 16.2. The molecule has 1 aliphatic carbocycles. The second kappa shape index (κ2) is 8.95. The summed E-state index contributed by atoms with van der Waals surface area (Å²) in [6.07, 6.45) is 1.18. The van der Waals surface area contributed by atoms with Gasteiger partial charge in [-0.3, -0.25) is 4.99 Å². The van der Waals surface area contributed by atoms with E-state index in [-0.39, 0.29) is 24.0 Å². The Hall–Kier alpha value is -1.51. The van der Waals surface area contributed by atoms with Crippen molar-refractivity contribution in [1.29, 1.82) is 0 Å². The van der Waals surface area contributed by atoms with Crippen molar-refractivity contribution in [2.75, 3.05) is 21.3 Å². The summed E-state index contributed by atoms with van der Waals surface area (Å²) >= 11 is 0. The molecule has 23 heavy (non-hydrogen) atoms. The largest absolute Gasteiger partial charge is 0.496 e. The van der Waals surface area contributed by atoms with Crippen LogP contribution in [0.25, 0.3) is 0 Å². The number of methoxy groups -OCH3 is 2. The van der Waals surface area contributed by atoms with E-state index in [1.54, 1.807) is 19.2 Å². The first-order valence-corrected chi connectivity index (χ1v) is 7.31. The van der Waals surface area contributed by atoms with Crippen molar-refractivity contribution in [3.63, 3.8) is 0 Å². The molecule has 0 bridgehead atoms. The van der Waals surface area contributed by atoms with Crippen molar-refractivity contribution in [3.05, 3.63) is 29.3 Å². The summed E-state index contributed by atoms with van der Waals surface area (Å²) in [7, 11) is 4.63. The fourth-order valence-corrected chi connectivity index (χ4v) is 2.21. The number of hydrogen-bond donors (Lipinski definition) is 2. The lowest BCUT2D eigenvalue weighted by Crippen LogP contribution is -2.38. The Morgan fingerprint density at radius 2 is 2.09 bits per heavy atom. The van der Waals surface area contributed by atoms with Crippen molar-refractivity contribution >= 4 is 35.9 Å². The van der Waals surface area contributed by atoms with Crippen molar-refractivity contribution in [1.82, 2.24) is 10.6 Å². The van der Waals surface area contributed by atoms with E-state index in [9.17, 15) is 4.79 Å². The molecule has 6 nitrogen and oxygen atoms in total. The van der Waals surface area contributed by atoms with E-state index < -0.39 is 5.97 Å². The van der Waals surface area contributed by atoms with Crippen LogP contribution in [-0.2, 0) is 11.3 Å². The molecule has 0 aromatic heterocycles. The van der Waals surface area contributed by atoms with Gasteiger partial charge in [0.15, 0.2) is 5.96 Å². The minimum atomic E-state index is -0.409. The fraction of sp³-hybridized carbons (Fsp3) is 0.500. The monoisotopic (exact) mass is 433 g/mol. The van der Waals surface area contributed by atoms with E-state index in [0.29, 0.717) is 29.8 Å². The molecule has 0 heterocycles. The maximum absolute atomic E-state index is 11.8. The van der Waals surface area contributed by atoms with Gasteiger partial charge in [-0.25, -0.2) is 4.79 Å². The molecule has 7 heteroatoms. The molecule has 0 aliphatic heterocycles. The summed E-state index contributed by atoms with van der Waals surface area (Å²) in [5.74, 6) is 1.56. The van der Waals surface area contributed by atoms with Crippen LogP contribution in [0.3, 0.4) is 0 Å². The number of carbonyl (C=O) groups is 1. The molecule has 0 spiro atoms. The molecular formula is C16H24IN3O3. The van der Waals surface area contributed by atoms with Gasteiger partial charge < -0.3 is 20.1 Å². The molecule has 1 aromatic carbocycles. The van der Waals surface area contributed by atoms with Crippen LogP contribution in [0.2, 0.25) is 0 Å². The number of ether oxygens (including phenoxy) is 2. The summed E-state index contributed by atoms with van der Waals surface area (Å²) in [6.45, 7) is 2.77. The van der Waals surface area contributed by atoms with E-state index in [2.05, 4.69) is 22.5 Å². The van der Waals surface area contributed by atoms with E-state index in [1.807, 2.05) is 6.07 Å². The van der Waals surface area contributed by atoms with E-state index in [1.165, 1.54) is 20.6 Å². The van der Waals surface area contributed by atoms with E-state index in [4.69, 9.17) is 9.47 Å². The molecular weight excluding hydrogens is 409 g/mol. The quantitative estimate of drug-likeness (QED) is 0.323. The van der Waals surface area contributed by atoms with E-state index >= 15 is 0 Å². The van der Waals surface area contributed by atoms with Crippen molar-refractivity contribution < 1.29 is 14.3 Å². The molecule has 2 atom stereocenters. The maximum Gasteiger partial charge on any atom is 0.341 e. The predicted molar refractivity (Wildman–Crippen MR) is 101 cm³/mol. The van der Waals surface area contributed by atoms with Gasteiger partial charge in [0.2, 0.25) is 0 Å². The number of benzene rings is 1. The highest BCUT2D eigenvalue weighted by molar-refractivity contribution is 14.0. The third-order valence-corrected chi connectivity index (χ3v) is 3.78. The Balaban J connectivity index is 0.00000264. The molecule has 1 aliphatic rings. The van der Waals surface area contributed by atoms with Crippen LogP contribution in [0.1, 0.15) is 29.3 Å². The summed E-state index contributed by atoms with van der Waals surface area (Å²) in [6, 6.07) is 5.95. The Labute approximate surface area is 154 Å². The van der Waals surface area contributed by atoms with Crippen LogP contribution in [0.5, 0.6) is 5.75 Å². The van der Waals surface area contributed by atoms with Gasteiger partial charge in [-0.05, 0) is 30.0 Å². The molecule has 1 aromatic rings. The number of carbonyl (C=O) groups excluding carboxylic acids is 1. The molecule has 1 fully saturated rings. The number of nitrogens with one attached hydrogen (secondary N) is 2. The second-order valence-corrected chi connectivity index (χ2v) is 5.42. The number of guanidine groups is 1. The highest BCUT2D eigenvalue weighted by Gasteiger charge is 2.33. The van der Waals surface area contributed by atoms with Crippen molar-refractivity contribution in [2.45, 2.75) is 25.9 Å². The Morgan fingerprint density at radius 3 is 2.61 bits per heavy atom. The second-order valence-electron chi connectivity index (χ2n) is 5.42. The highest BCUT2D eigenvalue weighted by atomic mass is 127. The van der Waals surface area contributed by atoms with E-state index in [0.717, 1.165) is 11.5 Å². The Bertz CT molecular complexity index is 578. The van der Waals surface area contributed by atoms with Gasteiger partial charge in [-0.1, -0.05) is 13.0 Å². The molecule has 0 radical (unpaired) electrons. The topological polar surface area (TPSA) is 72.0 Å². The predicted octanol–water partition coefficient (Wildman–Crippen LogP) is 2.17. The van der Waals surface area contributed by atoms with Gasteiger partial charge in [0.1, 0.15) is 11.3 Å². The number of nitrogens with zero attached hydrogens (tertiary/aromatic N) is 1. The van der Waals surface area contributed by atoms with Crippen molar-refractivity contribution in [2.24, 2.45) is 10.9 Å². The van der Waals surface area contributed by atoms with Gasteiger partial charge in [0.05, 0.1) is 14.2 Å². The molecule has 2 N–H and O–H groups in total. The maximum atomic E-state index is 11.8. The SMILES string of the molecule is CN=C(NCc1ccc(OC)c(C(=O)OC)c1)NC1CC1C.I. The Morgan fingerprint density at radius 1 is 1.39 bits per heavy atom. The minimum absolute atomic E-state index is 0. The zero-order chi connectivity index (χ0) is 16.1. The van der Waals surface area contributed by atoms with Gasteiger partial charge in [-0.2, -0.15) is 0 Å². The average Bonchev–Trinajstić information content (AvgIpc) is 3.25. The average molecular weight is 433 g/mol. The third-order valence-electron chi connectivity index (χ3n) is 3.78. The molecule has 2 unspecified atom stereocenters. The van der Waals surface area contributed by atoms with Crippen LogP contribution in [0.15, 0.2) is 23.2 Å². The molecule has 1 saturated carbocycles. The first-order chi connectivity index (χ1) is 10.6. The first-order valence-electron chi connectivity index (χ1n) is 7.31. The van der Waals surface area contributed by atoms with Crippen molar-refractivity contribution in [3.8, 4) is 5.75 Å². The smallest absolute Gasteiger partial charge is 0.341 e. The molecule has 0 saturated heterocycles. The molecule has 2 rings (SSSR count). The first kappa shape index (κ1) is 19.5. The normalized spacial score (nSPS) is 19.4. The summed E-state index contributed by atoms with van der Waals surface area (Å²) < 4.78 is 9.96. The minimum Gasteiger partial charge on any atom is -0.496 e. The number of rotatable bonds is 5.